The summed E-state index contributed by atoms with van der Waals surface area (Å²) < 4.78 is 6.16. The molecule has 2 heteroatoms. The average Bonchev–Trinajstić information content (AvgIpc) is 1.96. The fourth-order valence-corrected chi connectivity index (χ4v) is 4.07. The summed E-state index contributed by atoms with van der Waals surface area (Å²) in [5, 5.41) is 0. The lowest BCUT2D eigenvalue weighted by atomic mass is 9.88. The maximum absolute atomic E-state index is 6.16. The highest BCUT2D eigenvalue weighted by Gasteiger charge is 2.27. The van der Waals surface area contributed by atoms with E-state index in [-0.39, 0.29) is 5.60 Å². The van der Waals surface area contributed by atoms with Crippen molar-refractivity contribution in [3.63, 3.8) is 0 Å². The van der Waals surface area contributed by atoms with Crippen LogP contribution in [-0.2, 0) is 9.39 Å². The van der Waals surface area contributed by atoms with Crippen molar-refractivity contribution in [1.82, 2.24) is 0 Å². The molecule has 0 saturated carbocycles. The van der Waals surface area contributed by atoms with Gasteiger partial charge in [0.25, 0.3) is 0 Å². The molecule has 0 aromatic heterocycles. The second-order valence-corrected chi connectivity index (χ2v) is 7.78. The first-order chi connectivity index (χ1) is 7.24. The van der Waals surface area contributed by atoms with Gasteiger partial charge in [0.05, 0.1) is 5.60 Å². The Morgan fingerprint density at radius 1 is 1.00 bits per heavy atom. The van der Waals surface area contributed by atoms with E-state index in [1.54, 1.807) is 0 Å². The molecule has 0 radical (unpaired) electrons. The lowest BCUT2D eigenvalue weighted by molar-refractivity contribution is 0.108. The molecule has 1 aromatic rings. The van der Waals surface area contributed by atoms with Crippen LogP contribution in [0.2, 0.25) is 11.6 Å². The van der Waals surface area contributed by atoms with Crippen molar-refractivity contribution in [2.24, 2.45) is 0 Å². The molecule has 0 N–H and O–H groups in total. The minimum absolute atomic E-state index is 0.151. The van der Waals surface area contributed by atoms with E-state index in [1.807, 2.05) is 0 Å². The van der Waals surface area contributed by atoms with Gasteiger partial charge in [0.2, 0.25) is 0 Å². The molecular weight excluding hydrogens is 211 g/mol. The molecule has 0 aliphatic carbocycles. The van der Waals surface area contributed by atoms with Crippen molar-refractivity contribution in [2.45, 2.75) is 51.8 Å². The first kappa shape index (κ1) is 13.8. The van der Waals surface area contributed by atoms with Crippen LogP contribution >= 0.6 is 0 Å². The monoisotopic (exact) mass is 234 g/mol. The highest BCUT2D eigenvalue weighted by Crippen LogP contribution is 2.31. The Kier molecular flexibility index (Phi) is 4.24. The van der Waals surface area contributed by atoms with E-state index in [9.17, 15) is 0 Å². The predicted octanol–water partition coefficient (Wildman–Crippen LogP) is 4.11. The quantitative estimate of drug-likeness (QED) is 0.715. The normalized spacial score (nSPS) is 11.7. The summed E-state index contributed by atoms with van der Waals surface area (Å²) in [4.78, 5) is 0. The van der Waals surface area contributed by atoms with Gasteiger partial charge in [-0.2, -0.15) is 0 Å². The highest BCUT2D eigenvalue weighted by atomic mass is 27.2. The van der Waals surface area contributed by atoms with Crippen LogP contribution in [-0.4, -0.2) is 14.5 Å². The van der Waals surface area contributed by atoms with Crippen LogP contribution in [0.3, 0.4) is 0 Å². The summed E-state index contributed by atoms with van der Waals surface area (Å²) in [5.74, 6) is 4.45. The lowest BCUT2D eigenvalue weighted by Gasteiger charge is -2.32. The molecule has 0 unspecified atom stereocenters. The van der Waals surface area contributed by atoms with Gasteiger partial charge >= 0.3 is 14.5 Å². The molecule has 1 aromatic carbocycles. The summed E-state index contributed by atoms with van der Waals surface area (Å²) in [6.07, 6.45) is 0. The maximum atomic E-state index is 6.16. The Labute approximate surface area is 105 Å². The Bertz CT molecular complexity index is 357. The van der Waals surface area contributed by atoms with Crippen molar-refractivity contribution < 1.29 is 3.79 Å². The Morgan fingerprint density at radius 2 is 1.44 bits per heavy atom. The molecule has 1 nitrogen and oxygen atoms in total. The molecule has 88 valence electrons. The standard InChI is InChI=1S/C12H17O.2CH3.Al/c1-8-6-9(2)11(10(3)7-8)12(4,5)13;;;/h6-7H,1-5H3;2*1H3;/q-1;;;+1. The van der Waals surface area contributed by atoms with Crippen molar-refractivity contribution >= 4 is 14.5 Å². The molecule has 0 saturated heterocycles. The third-order valence-corrected chi connectivity index (χ3v) is 3.87. The van der Waals surface area contributed by atoms with E-state index < -0.39 is 14.5 Å². The van der Waals surface area contributed by atoms with Crippen LogP contribution in [0.25, 0.3) is 0 Å². The van der Waals surface area contributed by atoms with Gasteiger partial charge in [-0.05, 0) is 51.3 Å². The van der Waals surface area contributed by atoms with Crippen molar-refractivity contribution in [2.75, 3.05) is 0 Å². The van der Waals surface area contributed by atoms with E-state index in [1.165, 1.54) is 22.3 Å². The minimum Gasteiger partial charge on any atom is -0.493 e. The fraction of sp³-hybridized carbons (Fsp3) is 0.571. The smallest absolute Gasteiger partial charge is 0.454 e. The highest BCUT2D eigenvalue weighted by molar-refractivity contribution is 6.48. The largest absolute Gasteiger partial charge is 0.493 e. The Balaban J connectivity index is 3.22. The number of benzene rings is 1. The second kappa shape index (κ2) is 4.92. The number of rotatable bonds is 3. The molecule has 0 bridgehead atoms. The van der Waals surface area contributed by atoms with Crippen LogP contribution in [0.15, 0.2) is 12.1 Å². The molecule has 16 heavy (non-hydrogen) atoms. The fourth-order valence-electron chi connectivity index (χ4n) is 2.78. The van der Waals surface area contributed by atoms with Crippen LogP contribution < -0.4 is 0 Å². The van der Waals surface area contributed by atoms with Gasteiger partial charge in [-0.1, -0.05) is 29.3 Å². The van der Waals surface area contributed by atoms with Gasteiger partial charge in [0, 0.05) is 0 Å². The van der Waals surface area contributed by atoms with Gasteiger partial charge in [0.1, 0.15) is 0 Å². The summed E-state index contributed by atoms with van der Waals surface area (Å²) in [6.45, 7) is 10.9. The molecule has 0 atom stereocenters. The van der Waals surface area contributed by atoms with E-state index in [0.29, 0.717) is 0 Å². The molecule has 0 spiro atoms. The van der Waals surface area contributed by atoms with Crippen LogP contribution in [0, 0.1) is 20.8 Å². The third-order valence-electron chi connectivity index (χ3n) is 2.81. The molecule has 0 amide bonds. The first-order valence-electron chi connectivity index (χ1n) is 6.00. The zero-order chi connectivity index (χ0) is 12.5. The molecule has 0 aliphatic rings. The summed E-state index contributed by atoms with van der Waals surface area (Å²) in [6, 6.07) is 4.49. The van der Waals surface area contributed by atoms with Crippen LogP contribution in [0.1, 0.15) is 36.1 Å². The number of hydrogen-bond donors (Lipinski definition) is 0. The molecule has 0 fully saturated rings. The first-order valence-corrected chi connectivity index (χ1v) is 8.78. The van der Waals surface area contributed by atoms with Gasteiger partial charge in [-0.15, -0.1) is 0 Å². The average molecular weight is 234 g/mol. The lowest BCUT2D eigenvalue weighted by Crippen LogP contribution is -2.29. The van der Waals surface area contributed by atoms with Gasteiger partial charge < -0.3 is 3.79 Å². The van der Waals surface area contributed by atoms with E-state index in [4.69, 9.17) is 3.79 Å². The summed E-state index contributed by atoms with van der Waals surface area (Å²) in [5.41, 5.74) is 5.23. The Hall–Kier alpha value is -0.288. The summed E-state index contributed by atoms with van der Waals surface area (Å²) in [7, 11) is 0. The SMILES string of the molecule is Cc1cc(C)c(C(C)(C)[O][Al]([CH3])[CH3])c(C)c1. The molecule has 0 heterocycles. The zero-order valence-electron chi connectivity index (χ0n) is 11.6. The zero-order valence-corrected chi connectivity index (χ0v) is 12.8. The topological polar surface area (TPSA) is 9.23 Å². The van der Waals surface area contributed by atoms with E-state index >= 15 is 0 Å². The van der Waals surface area contributed by atoms with Crippen molar-refractivity contribution in [3.05, 3.63) is 34.4 Å². The minimum atomic E-state index is -1.02. The van der Waals surface area contributed by atoms with Gasteiger partial charge in [0.15, 0.2) is 0 Å². The Morgan fingerprint density at radius 3 is 1.81 bits per heavy atom. The van der Waals surface area contributed by atoms with Crippen LogP contribution in [0.4, 0.5) is 0 Å². The number of hydrogen-bond acceptors (Lipinski definition) is 1. The summed E-state index contributed by atoms with van der Waals surface area (Å²) >= 11 is -1.02. The second-order valence-electron chi connectivity index (χ2n) is 5.45. The number of aryl methyl sites for hydroxylation is 3. The molecule has 1 rings (SSSR count). The van der Waals surface area contributed by atoms with Crippen LogP contribution in [0.5, 0.6) is 0 Å². The van der Waals surface area contributed by atoms with Crippen molar-refractivity contribution in [3.8, 4) is 0 Å². The molecular formula is C14H23AlO. The van der Waals surface area contributed by atoms with Gasteiger partial charge in [-0.3, -0.25) is 0 Å². The predicted molar refractivity (Wildman–Crippen MR) is 72.2 cm³/mol. The van der Waals surface area contributed by atoms with Gasteiger partial charge in [-0.25, -0.2) is 0 Å². The van der Waals surface area contributed by atoms with Crippen molar-refractivity contribution in [1.29, 1.82) is 0 Å². The third kappa shape index (κ3) is 3.11. The maximum Gasteiger partial charge on any atom is 0.454 e. The molecule has 0 aliphatic heterocycles. The van der Waals surface area contributed by atoms with E-state index in [2.05, 4.69) is 58.3 Å². The van der Waals surface area contributed by atoms with E-state index in [0.717, 1.165) is 0 Å².